The number of para-hydroxylation sites is 1. The molecular weight excluding hydrogens is 430 g/mol. The van der Waals surface area contributed by atoms with Crippen molar-refractivity contribution in [1.82, 2.24) is 0 Å². The number of carbonyl (C=O) groups is 2. The molecule has 0 saturated carbocycles. The standard InChI is InChI=1S/C28H27NO5/c1-28(2,3)19-11-15-21(16-12-19)33-17-24(30)29-25-22-7-5-6-8-23(22)34-27(25)26(31)18-9-13-20(32-4)14-10-18/h5-16H,17H2,1-4H3,(H,29,30). The van der Waals surface area contributed by atoms with Gasteiger partial charge >= 0.3 is 0 Å². The topological polar surface area (TPSA) is 77.8 Å². The molecule has 1 amide bonds. The van der Waals surface area contributed by atoms with E-state index in [9.17, 15) is 9.59 Å². The smallest absolute Gasteiger partial charge is 0.262 e. The van der Waals surface area contributed by atoms with Gasteiger partial charge in [0.05, 0.1) is 12.8 Å². The molecule has 6 heteroatoms. The summed E-state index contributed by atoms with van der Waals surface area (Å²) < 4.78 is 16.7. The van der Waals surface area contributed by atoms with Gasteiger partial charge in [0.25, 0.3) is 5.91 Å². The van der Waals surface area contributed by atoms with Gasteiger partial charge in [0.2, 0.25) is 5.78 Å². The number of carbonyl (C=O) groups excluding carboxylic acids is 2. The number of benzene rings is 3. The highest BCUT2D eigenvalue weighted by molar-refractivity contribution is 6.17. The number of hydrogen-bond acceptors (Lipinski definition) is 5. The minimum Gasteiger partial charge on any atom is -0.497 e. The van der Waals surface area contributed by atoms with Crippen molar-refractivity contribution in [3.63, 3.8) is 0 Å². The summed E-state index contributed by atoms with van der Waals surface area (Å²) in [6.45, 7) is 6.20. The average molecular weight is 458 g/mol. The number of ether oxygens (including phenoxy) is 2. The van der Waals surface area contributed by atoms with Gasteiger partial charge in [-0.25, -0.2) is 0 Å². The Morgan fingerprint density at radius 3 is 2.18 bits per heavy atom. The van der Waals surface area contributed by atoms with Crippen LogP contribution in [-0.4, -0.2) is 25.4 Å². The Kier molecular flexibility index (Phi) is 6.41. The molecule has 6 nitrogen and oxygen atoms in total. The maximum Gasteiger partial charge on any atom is 0.262 e. The van der Waals surface area contributed by atoms with Gasteiger partial charge < -0.3 is 19.2 Å². The predicted molar refractivity (Wildman–Crippen MR) is 132 cm³/mol. The molecule has 0 bridgehead atoms. The lowest BCUT2D eigenvalue weighted by Crippen LogP contribution is -2.21. The Hall–Kier alpha value is -4.06. The third kappa shape index (κ3) is 4.96. The Morgan fingerprint density at radius 1 is 0.882 bits per heavy atom. The summed E-state index contributed by atoms with van der Waals surface area (Å²) in [6.07, 6.45) is 0. The fourth-order valence-corrected chi connectivity index (χ4v) is 3.58. The SMILES string of the molecule is COc1ccc(C(=O)c2oc3ccccc3c2NC(=O)COc2ccc(C(C)(C)C)cc2)cc1. The minimum atomic E-state index is -0.393. The van der Waals surface area contributed by atoms with E-state index in [0.717, 1.165) is 0 Å². The van der Waals surface area contributed by atoms with Crippen LogP contribution in [0.25, 0.3) is 11.0 Å². The fraction of sp³-hybridized carbons (Fsp3) is 0.214. The molecule has 1 aromatic heterocycles. The molecule has 174 valence electrons. The van der Waals surface area contributed by atoms with Crippen LogP contribution in [0.1, 0.15) is 42.5 Å². The number of fused-ring (bicyclic) bond motifs is 1. The Morgan fingerprint density at radius 2 is 1.53 bits per heavy atom. The Balaban J connectivity index is 1.53. The predicted octanol–water partition coefficient (Wildman–Crippen LogP) is 5.99. The van der Waals surface area contributed by atoms with Crippen LogP contribution in [0.5, 0.6) is 11.5 Å². The molecule has 0 fully saturated rings. The first-order chi connectivity index (χ1) is 16.3. The molecule has 0 aliphatic heterocycles. The van der Waals surface area contributed by atoms with Crippen LogP contribution in [0.3, 0.4) is 0 Å². The van der Waals surface area contributed by atoms with Crippen LogP contribution in [0, 0.1) is 0 Å². The molecule has 0 atom stereocenters. The van der Waals surface area contributed by atoms with E-state index < -0.39 is 5.91 Å². The van der Waals surface area contributed by atoms with Crippen molar-refractivity contribution in [2.24, 2.45) is 0 Å². The maximum atomic E-state index is 13.2. The largest absolute Gasteiger partial charge is 0.497 e. The summed E-state index contributed by atoms with van der Waals surface area (Å²) in [7, 11) is 1.56. The number of methoxy groups -OCH3 is 1. The molecule has 0 unspecified atom stereocenters. The maximum absolute atomic E-state index is 13.2. The molecule has 34 heavy (non-hydrogen) atoms. The second-order valence-electron chi connectivity index (χ2n) is 8.97. The van der Waals surface area contributed by atoms with E-state index in [1.165, 1.54) is 5.56 Å². The lowest BCUT2D eigenvalue weighted by Gasteiger charge is -2.19. The molecular formula is C28H27NO5. The van der Waals surface area contributed by atoms with Crippen molar-refractivity contribution in [2.75, 3.05) is 19.0 Å². The Labute approximate surface area is 198 Å². The summed E-state index contributed by atoms with van der Waals surface area (Å²) in [5.74, 6) is 0.564. The number of amides is 1. The molecule has 3 aromatic carbocycles. The molecule has 1 N–H and O–H groups in total. The van der Waals surface area contributed by atoms with Gasteiger partial charge in [-0.2, -0.15) is 0 Å². The number of anilines is 1. The van der Waals surface area contributed by atoms with Crippen LogP contribution >= 0.6 is 0 Å². The Bertz CT molecular complexity index is 1310. The van der Waals surface area contributed by atoms with E-state index in [4.69, 9.17) is 13.9 Å². The number of hydrogen-bond donors (Lipinski definition) is 1. The van der Waals surface area contributed by atoms with Gasteiger partial charge in [-0.1, -0.05) is 45.0 Å². The first-order valence-electron chi connectivity index (χ1n) is 11.0. The summed E-state index contributed by atoms with van der Waals surface area (Å²) in [5.41, 5.74) is 2.47. The monoisotopic (exact) mass is 457 g/mol. The molecule has 4 aromatic rings. The summed E-state index contributed by atoms with van der Waals surface area (Å²) in [4.78, 5) is 25.9. The zero-order valence-electron chi connectivity index (χ0n) is 19.7. The van der Waals surface area contributed by atoms with Crippen molar-refractivity contribution < 1.29 is 23.5 Å². The van der Waals surface area contributed by atoms with Gasteiger partial charge in [-0.05, 0) is 59.5 Å². The van der Waals surface area contributed by atoms with Gasteiger partial charge in [-0.3, -0.25) is 9.59 Å². The fourth-order valence-electron chi connectivity index (χ4n) is 3.58. The number of furan rings is 1. The normalized spacial score (nSPS) is 11.3. The number of nitrogens with one attached hydrogen (secondary N) is 1. The van der Waals surface area contributed by atoms with E-state index in [-0.39, 0.29) is 23.6 Å². The zero-order chi connectivity index (χ0) is 24.3. The van der Waals surface area contributed by atoms with E-state index in [0.29, 0.717) is 33.7 Å². The quantitative estimate of drug-likeness (QED) is 0.345. The first-order valence-corrected chi connectivity index (χ1v) is 11.0. The van der Waals surface area contributed by atoms with Crippen molar-refractivity contribution in [2.45, 2.75) is 26.2 Å². The van der Waals surface area contributed by atoms with E-state index >= 15 is 0 Å². The summed E-state index contributed by atoms with van der Waals surface area (Å²) >= 11 is 0. The number of ketones is 1. The third-order valence-electron chi connectivity index (χ3n) is 5.51. The second-order valence-corrected chi connectivity index (χ2v) is 8.97. The third-order valence-corrected chi connectivity index (χ3v) is 5.51. The van der Waals surface area contributed by atoms with E-state index in [1.807, 2.05) is 36.4 Å². The van der Waals surface area contributed by atoms with Crippen LogP contribution in [0.2, 0.25) is 0 Å². The average Bonchev–Trinajstić information content (AvgIpc) is 3.20. The molecule has 1 heterocycles. The summed E-state index contributed by atoms with van der Waals surface area (Å²) in [5, 5.41) is 3.45. The van der Waals surface area contributed by atoms with Gasteiger partial charge in [0.1, 0.15) is 17.1 Å². The minimum absolute atomic E-state index is 0.0328. The highest BCUT2D eigenvalue weighted by Gasteiger charge is 2.23. The lowest BCUT2D eigenvalue weighted by molar-refractivity contribution is -0.118. The molecule has 0 saturated heterocycles. The molecule has 0 aliphatic carbocycles. The molecule has 0 spiro atoms. The van der Waals surface area contributed by atoms with Crippen molar-refractivity contribution >= 4 is 28.3 Å². The first kappa shape index (κ1) is 23.1. The highest BCUT2D eigenvalue weighted by atomic mass is 16.5. The molecule has 0 radical (unpaired) electrons. The van der Waals surface area contributed by atoms with Crippen molar-refractivity contribution in [1.29, 1.82) is 0 Å². The highest BCUT2D eigenvalue weighted by Crippen LogP contribution is 2.33. The second kappa shape index (κ2) is 9.43. The van der Waals surface area contributed by atoms with Crippen LogP contribution in [-0.2, 0) is 10.2 Å². The van der Waals surface area contributed by atoms with Gasteiger partial charge in [0.15, 0.2) is 12.4 Å². The van der Waals surface area contributed by atoms with Gasteiger partial charge in [0, 0.05) is 10.9 Å². The lowest BCUT2D eigenvalue weighted by atomic mass is 9.87. The van der Waals surface area contributed by atoms with Crippen molar-refractivity contribution in [3.05, 3.63) is 89.7 Å². The molecule has 0 aliphatic rings. The van der Waals surface area contributed by atoms with Crippen molar-refractivity contribution in [3.8, 4) is 11.5 Å². The van der Waals surface area contributed by atoms with Gasteiger partial charge in [-0.15, -0.1) is 0 Å². The molecule has 4 rings (SSSR count). The summed E-state index contributed by atoms with van der Waals surface area (Å²) in [6, 6.07) is 21.6. The van der Waals surface area contributed by atoms with E-state index in [1.54, 1.807) is 43.5 Å². The van der Waals surface area contributed by atoms with Crippen LogP contribution in [0.15, 0.2) is 77.2 Å². The zero-order valence-corrected chi connectivity index (χ0v) is 19.7. The number of rotatable bonds is 7. The van der Waals surface area contributed by atoms with E-state index in [2.05, 4.69) is 26.1 Å². The van der Waals surface area contributed by atoms with Crippen LogP contribution in [0.4, 0.5) is 5.69 Å². The van der Waals surface area contributed by atoms with Crippen LogP contribution < -0.4 is 14.8 Å².